The fraction of sp³-hybridized carbons (Fsp3) is 0.333. The van der Waals surface area contributed by atoms with Gasteiger partial charge in [0.25, 0.3) is 0 Å². The van der Waals surface area contributed by atoms with E-state index in [0.29, 0.717) is 0 Å². The predicted octanol–water partition coefficient (Wildman–Crippen LogP) is 5.30. The molecule has 1 nitrogen and oxygen atoms in total. The van der Waals surface area contributed by atoms with Crippen LogP contribution in [0, 0.1) is 6.92 Å². The summed E-state index contributed by atoms with van der Waals surface area (Å²) in [6, 6.07) is 6.02. The molecule has 0 saturated carbocycles. The minimum atomic E-state index is -0.201. The second-order valence-electron chi connectivity index (χ2n) is 3.59. The van der Waals surface area contributed by atoms with Crippen molar-refractivity contribution in [3.63, 3.8) is 0 Å². The van der Waals surface area contributed by atoms with Crippen LogP contribution < -0.4 is 0 Å². The molecule has 0 saturated heterocycles. The zero-order valence-corrected chi connectivity index (χ0v) is 12.2. The van der Waals surface area contributed by atoms with Crippen LogP contribution in [0.15, 0.2) is 27.1 Å². The fourth-order valence-corrected chi connectivity index (χ4v) is 3.89. The van der Waals surface area contributed by atoms with Crippen molar-refractivity contribution >= 4 is 38.9 Å². The van der Waals surface area contributed by atoms with E-state index >= 15 is 0 Å². The maximum Gasteiger partial charge on any atom is 0.127 e. The summed E-state index contributed by atoms with van der Waals surface area (Å²) >= 11 is 11.6. The molecule has 0 radical (unpaired) electrons. The van der Waals surface area contributed by atoms with Crippen LogP contribution in [0.5, 0.6) is 0 Å². The van der Waals surface area contributed by atoms with Gasteiger partial charge in [-0.2, -0.15) is 0 Å². The third kappa shape index (κ3) is 2.36. The van der Waals surface area contributed by atoms with Crippen LogP contribution in [0.3, 0.4) is 0 Å². The van der Waals surface area contributed by atoms with Crippen LogP contribution >= 0.6 is 38.9 Å². The molecule has 4 heteroatoms. The molecule has 0 amide bonds. The summed E-state index contributed by atoms with van der Waals surface area (Å²) in [4.78, 5) is 2.35. The first-order chi connectivity index (χ1) is 7.61. The number of hydrogen-bond acceptors (Lipinski definition) is 2. The first-order valence-corrected chi connectivity index (χ1v) is 7.15. The van der Waals surface area contributed by atoms with Gasteiger partial charge in [-0.1, -0.05) is 6.92 Å². The second kappa shape index (κ2) is 4.94. The molecular weight excluding hydrogens is 308 g/mol. The van der Waals surface area contributed by atoms with Gasteiger partial charge in [-0.15, -0.1) is 22.9 Å². The zero-order chi connectivity index (χ0) is 11.7. The highest BCUT2D eigenvalue weighted by molar-refractivity contribution is 9.10. The molecule has 1 unspecified atom stereocenters. The van der Waals surface area contributed by atoms with E-state index in [1.807, 2.05) is 12.1 Å². The van der Waals surface area contributed by atoms with Gasteiger partial charge < -0.3 is 4.42 Å². The van der Waals surface area contributed by atoms with E-state index in [1.54, 1.807) is 11.3 Å². The number of thiophene rings is 1. The Hall–Kier alpha value is -0.250. The fourth-order valence-electron chi connectivity index (χ4n) is 1.52. The van der Waals surface area contributed by atoms with Crippen molar-refractivity contribution in [2.45, 2.75) is 25.6 Å². The standard InChI is InChI=1S/C12H12BrClOS/c1-3-8-4-5-10(15-8)11(14)12-9(13)6-7(2)16-12/h4-6,11H,3H2,1-2H3. The molecule has 1 atom stereocenters. The van der Waals surface area contributed by atoms with E-state index in [4.69, 9.17) is 16.0 Å². The predicted molar refractivity (Wildman–Crippen MR) is 72.5 cm³/mol. The quantitative estimate of drug-likeness (QED) is 0.699. The number of rotatable bonds is 3. The topological polar surface area (TPSA) is 13.1 Å². The Bertz CT molecular complexity index is 489. The normalized spacial score (nSPS) is 13.0. The van der Waals surface area contributed by atoms with Gasteiger partial charge >= 0.3 is 0 Å². The highest BCUT2D eigenvalue weighted by atomic mass is 79.9. The largest absolute Gasteiger partial charge is 0.464 e. The van der Waals surface area contributed by atoms with E-state index in [9.17, 15) is 0 Å². The van der Waals surface area contributed by atoms with Gasteiger partial charge in [0.15, 0.2) is 0 Å². The Morgan fingerprint density at radius 3 is 2.75 bits per heavy atom. The maximum atomic E-state index is 6.41. The number of aryl methyl sites for hydroxylation is 2. The summed E-state index contributed by atoms with van der Waals surface area (Å²) in [5, 5.41) is -0.201. The SMILES string of the molecule is CCc1ccc(C(Cl)c2sc(C)cc2Br)o1. The Kier molecular flexibility index (Phi) is 3.77. The maximum absolute atomic E-state index is 6.41. The zero-order valence-electron chi connectivity index (χ0n) is 9.09. The van der Waals surface area contributed by atoms with Gasteiger partial charge in [-0.3, -0.25) is 0 Å². The summed E-state index contributed by atoms with van der Waals surface area (Å²) < 4.78 is 6.73. The average molecular weight is 320 g/mol. The monoisotopic (exact) mass is 318 g/mol. The van der Waals surface area contributed by atoms with Crippen LogP contribution in [0.2, 0.25) is 0 Å². The minimum Gasteiger partial charge on any atom is -0.464 e. The molecule has 0 fully saturated rings. The van der Waals surface area contributed by atoms with Gasteiger partial charge in [0.05, 0.1) is 0 Å². The molecule has 0 aliphatic rings. The summed E-state index contributed by atoms with van der Waals surface area (Å²) in [6.45, 7) is 4.14. The number of halogens is 2. The van der Waals surface area contributed by atoms with Crippen LogP contribution in [0.1, 0.15) is 33.6 Å². The molecule has 0 spiro atoms. The number of alkyl halides is 1. The van der Waals surface area contributed by atoms with Crippen molar-refractivity contribution < 1.29 is 4.42 Å². The van der Waals surface area contributed by atoms with Crippen LogP contribution in [0.25, 0.3) is 0 Å². The molecule has 0 aliphatic heterocycles. The van der Waals surface area contributed by atoms with Gasteiger partial charge in [-0.05, 0) is 41.1 Å². The lowest BCUT2D eigenvalue weighted by molar-refractivity contribution is 0.475. The second-order valence-corrected chi connectivity index (χ2v) is 6.17. The molecule has 0 aliphatic carbocycles. The molecule has 86 valence electrons. The minimum absolute atomic E-state index is 0.201. The van der Waals surface area contributed by atoms with E-state index in [-0.39, 0.29) is 5.38 Å². The summed E-state index contributed by atoms with van der Waals surface area (Å²) in [6.07, 6.45) is 0.897. The number of furan rings is 1. The van der Waals surface area contributed by atoms with Gasteiger partial charge in [0.2, 0.25) is 0 Å². The third-order valence-corrected chi connectivity index (χ3v) is 4.94. The Labute approximate surface area is 113 Å². The van der Waals surface area contributed by atoms with E-state index in [0.717, 1.165) is 27.3 Å². The molecule has 16 heavy (non-hydrogen) atoms. The smallest absolute Gasteiger partial charge is 0.127 e. The molecule has 0 aromatic carbocycles. The van der Waals surface area contributed by atoms with Crippen molar-refractivity contribution in [3.8, 4) is 0 Å². The van der Waals surface area contributed by atoms with E-state index in [2.05, 4.69) is 35.8 Å². The van der Waals surface area contributed by atoms with Crippen LogP contribution in [-0.2, 0) is 6.42 Å². The molecule has 2 aromatic heterocycles. The van der Waals surface area contributed by atoms with Crippen LogP contribution in [0.4, 0.5) is 0 Å². The molecule has 2 rings (SSSR count). The Morgan fingerprint density at radius 1 is 1.50 bits per heavy atom. The highest BCUT2D eigenvalue weighted by Crippen LogP contribution is 2.39. The highest BCUT2D eigenvalue weighted by Gasteiger charge is 2.19. The molecular formula is C12H12BrClOS. The lowest BCUT2D eigenvalue weighted by atomic mass is 10.2. The van der Waals surface area contributed by atoms with Gasteiger partial charge in [0.1, 0.15) is 16.9 Å². The lowest BCUT2D eigenvalue weighted by Gasteiger charge is -2.04. The summed E-state index contributed by atoms with van der Waals surface area (Å²) in [5.74, 6) is 1.80. The summed E-state index contributed by atoms with van der Waals surface area (Å²) in [5.41, 5.74) is 0. The van der Waals surface area contributed by atoms with E-state index < -0.39 is 0 Å². The third-order valence-electron chi connectivity index (χ3n) is 2.35. The number of hydrogen-bond donors (Lipinski definition) is 0. The molecule has 2 aromatic rings. The lowest BCUT2D eigenvalue weighted by Crippen LogP contribution is -1.87. The van der Waals surface area contributed by atoms with Crippen molar-refractivity contribution in [3.05, 3.63) is 43.9 Å². The first kappa shape index (κ1) is 12.2. The molecule has 2 heterocycles. The van der Waals surface area contributed by atoms with Crippen molar-refractivity contribution in [1.82, 2.24) is 0 Å². The molecule has 0 bridgehead atoms. The molecule has 0 N–H and O–H groups in total. The first-order valence-electron chi connectivity index (χ1n) is 5.10. The van der Waals surface area contributed by atoms with Crippen molar-refractivity contribution in [2.75, 3.05) is 0 Å². The van der Waals surface area contributed by atoms with Gasteiger partial charge in [-0.25, -0.2) is 0 Å². The Balaban J connectivity index is 2.31. The van der Waals surface area contributed by atoms with E-state index in [1.165, 1.54) is 4.88 Å². The average Bonchev–Trinajstić information content (AvgIpc) is 2.84. The van der Waals surface area contributed by atoms with Gasteiger partial charge in [0, 0.05) is 20.6 Å². The van der Waals surface area contributed by atoms with Crippen LogP contribution in [-0.4, -0.2) is 0 Å². The van der Waals surface area contributed by atoms with Crippen molar-refractivity contribution in [2.24, 2.45) is 0 Å². The summed E-state index contributed by atoms with van der Waals surface area (Å²) in [7, 11) is 0. The van der Waals surface area contributed by atoms with Crippen molar-refractivity contribution in [1.29, 1.82) is 0 Å². The Morgan fingerprint density at radius 2 is 2.25 bits per heavy atom.